The molecule has 2 aliphatic heterocycles. The first-order valence-corrected chi connectivity index (χ1v) is 20.4. The van der Waals surface area contributed by atoms with Gasteiger partial charge in [0.25, 0.3) is 5.91 Å². The molecule has 13 nitrogen and oxygen atoms in total. The number of nitrogens with zero attached hydrogens (tertiary/aromatic N) is 2. The summed E-state index contributed by atoms with van der Waals surface area (Å²) in [6.07, 6.45) is 6.13. The number of sulfonamides is 1. The number of nitrogens with one attached hydrogen (secondary N) is 3. The summed E-state index contributed by atoms with van der Waals surface area (Å²) in [4.78, 5) is 71.7. The number of likely N-dealkylation sites (tertiary alicyclic amines) is 1. The van der Waals surface area contributed by atoms with Crippen molar-refractivity contribution in [2.75, 3.05) is 6.54 Å². The van der Waals surface area contributed by atoms with Crippen LogP contribution in [0.5, 0.6) is 0 Å². The number of benzene rings is 1. The van der Waals surface area contributed by atoms with Crippen LogP contribution < -0.4 is 15.4 Å². The number of ether oxygens (including phenoxy) is 1. The lowest BCUT2D eigenvalue weighted by molar-refractivity contribution is -0.144. The summed E-state index contributed by atoms with van der Waals surface area (Å²) in [6, 6.07) is 3.45. The van der Waals surface area contributed by atoms with Crippen LogP contribution in [-0.4, -0.2) is 83.0 Å². The lowest BCUT2D eigenvalue weighted by atomic mass is 9.81. The molecule has 0 bridgehead atoms. The normalized spacial score (nSPS) is 26.3. The molecular weight excluding hydrogens is 706 g/mol. The molecule has 1 aromatic carbocycles. The molecule has 6 rings (SSSR count). The van der Waals surface area contributed by atoms with Gasteiger partial charge in [-0.25, -0.2) is 17.6 Å². The monoisotopic (exact) mass is 757 g/mol. The van der Waals surface area contributed by atoms with E-state index >= 15 is 0 Å². The van der Waals surface area contributed by atoms with E-state index in [4.69, 9.17) is 4.74 Å². The molecule has 4 fully saturated rings. The second-order valence-electron chi connectivity index (χ2n) is 16.6. The number of carbonyl (C=O) groups excluding carboxylic acids is 5. The van der Waals surface area contributed by atoms with Crippen LogP contribution in [0.2, 0.25) is 0 Å². The first-order chi connectivity index (χ1) is 25.0. The average Bonchev–Trinajstić information content (AvgIpc) is 3.98. The van der Waals surface area contributed by atoms with E-state index in [1.54, 1.807) is 12.1 Å². The highest BCUT2D eigenvalue weighted by Crippen LogP contribution is 2.45. The van der Waals surface area contributed by atoms with E-state index in [2.05, 4.69) is 21.9 Å². The number of rotatable bonds is 12. The number of hydrogen-bond donors (Lipinski definition) is 3. The molecule has 5 atom stereocenters. The third-order valence-corrected chi connectivity index (χ3v) is 13.0. The van der Waals surface area contributed by atoms with Crippen molar-refractivity contribution < 1.29 is 41.5 Å². The van der Waals surface area contributed by atoms with Crippen LogP contribution in [0, 0.1) is 23.6 Å². The van der Waals surface area contributed by atoms with E-state index in [0.717, 1.165) is 32.1 Å². The topological polar surface area (TPSA) is 171 Å². The van der Waals surface area contributed by atoms with Crippen LogP contribution in [0.25, 0.3) is 0 Å². The van der Waals surface area contributed by atoms with Crippen molar-refractivity contribution in [1.29, 1.82) is 0 Å². The fraction of sp³-hybridized carbons (Fsp3) is 0.658. The Kier molecular flexibility index (Phi) is 11.0. The second kappa shape index (κ2) is 15.0. The third kappa shape index (κ3) is 8.87. The molecule has 2 heterocycles. The average molecular weight is 758 g/mol. The number of hydrogen-bond acceptors (Lipinski definition) is 8. The molecule has 15 heteroatoms. The Hall–Kier alpha value is -4.01. The first-order valence-electron chi connectivity index (χ1n) is 18.8. The molecule has 1 saturated heterocycles. The molecule has 1 aromatic rings. The molecule has 53 heavy (non-hydrogen) atoms. The molecule has 0 unspecified atom stereocenters. The maximum Gasteiger partial charge on any atom is 0.410 e. The van der Waals surface area contributed by atoms with Crippen LogP contribution in [0.3, 0.4) is 0 Å². The molecule has 3 saturated carbocycles. The number of halogens is 1. The Balaban J connectivity index is 1.23. The van der Waals surface area contributed by atoms with Gasteiger partial charge in [0.05, 0.1) is 18.3 Å². The van der Waals surface area contributed by atoms with Gasteiger partial charge in [0.2, 0.25) is 27.7 Å². The SMILES string of the molecule is C=C[C@@H]1C[C@@]1(NC(=O)[C@@H]1C[C@@H](OC(=O)N2Cc3cccc(F)c3C2)CN1C(=O)[C@@H](CC(=O)NC(C)(C)C)CC1CCCCC1)C(=O)NS(=O)(=O)C1CC1. The Bertz CT molecular complexity index is 1750. The molecule has 0 radical (unpaired) electrons. The van der Waals surface area contributed by atoms with Gasteiger partial charge in [-0.05, 0) is 64.0 Å². The van der Waals surface area contributed by atoms with E-state index < -0.39 is 80.0 Å². The minimum Gasteiger partial charge on any atom is -0.444 e. The number of amides is 5. The Morgan fingerprint density at radius 3 is 2.42 bits per heavy atom. The lowest BCUT2D eigenvalue weighted by Crippen LogP contribution is -2.57. The standard InChI is InChI=1S/C38H52FN5O8S/c1-5-26-19-38(26,35(48)42-53(50,51)28-14-15-28)41-33(46)31-18-27(52-36(49)43-20-24-12-9-13-30(39)29(24)22-43)21-44(31)34(47)25(16-23-10-7-6-8-11-23)17-32(45)40-37(2,3)4/h5,9,12-13,23,25-28,31H,1,6-8,10-11,14-22H2,2-4H3,(H,40,45)(H,41,46)(H,42,48)/t25-,26-,27-,31+,38+/m1/s1. The first kappa shape index (κ1) is 38.7. The maximum atomic E-state index is 14.6. The number of carbonyl (C=O) groups is 5. The van der Waals surface area contributed by atoms with Crippen molar-refractivity contribution in [3.63, 3.8) is 0 Å². The Morgan fingerprint density at radius 1 is 1.08 bits per heavy atom. The van der Waals surface area contributed by atoms with Gasteiger partial charge in [0.15, 0.2) is 0 Å². The molecule has 3 N–H and O–H groups in total. The molecule has 5 aliphatic rings. The van der Waals surface area contributed by atoms with E-state index in [1.165, 1.54) is 21.9 Å². The quantitative estimate of drug-likeness (QED) is 0.271. The van der Waals surface area contributed by atoms with Gasteiger partial charge in [-0.2, -0.15) is 0 Å². The largest absolute Gasteiger partial charge is 0.444 e. The summed E-state index contributed by atoms with van der Waals surface area (Å²) >= 11 is 0. The highest BCUT2D eigenvalue weighted by atomic mass is 32.2. The number of fused-ring (bicyclic) bond motifs is 1. The molecular formula is C38H52FN5O8S. The summed E-state index contributed by atoms with van der Waals surface area (Å²) < 4.78 is 47.8. The highest BCUT2D eigenvalue weighted by molar-refractivity contribution is 7.91. The van der Waals surface area contributed by atoms with Crippen molar-refractivity contribution in [3.8, 4) is 0 Å². The molecule has 0 spiro atoms. The van der Waals surface area contributed by atoms with Crippen molar-refractivity contribution in [3.05, 3.63) is 47.8 Å². The van der Waals surface area contributed by atoms with E-state index in [-0.39, 0.29) is 50.7 Å². The van der Waals surface area contributed by atoms with Crippen LogP contribution in [0.15, 0.2) is 30.9 Å². The van der Waals surface area contributed by atoms with Crippen LogP contribution in [-0.2, 0) is 47.0 Å². The Labute approximate surface area is 310 Å². The highest BCUT2D eigenvalue weighted by Gasteiger charge is 2.62. The zero-order valence-electron chi connectivity index (χ0n) is 30.8. The molecule has 0 aromatic heterocycles. The second-order valence-corrected chi connectivity index (χ2v) is 18.6. The molecule has 3 aliphatic carbocycles. The smallest absolute Gasteiger partial charge is 0.410 e. The lowest BCUT2D eigenvalue weighted by Gasteiger charge is -2.32. The third-order valence-electron chi connectivity index (χ3n) is 11.2. The molecule has 5 amide bonds. The van der Waals surface area contributed by atoms with Gasteiger partial charge in [0, 0.05) is 42.3 Å². The summed E-state index contributed by atoms with van der Waals surface area (Å²) in [5.74, 6) is -3.80. The predicted octanol–water partition coefficient (Wildman–Crippen LogP) is 3.81. The van der Waals surface area contributed by atoms with Crippen molar-refractivity contribution in [2.24, 2.45) is 17.8 Å². The van der Waals surface area contributed by atoms with Gasteiger partial charge in [0.1, 0.15) is 23.5 Å². The van der Waals surface area contributed by atoms with Crippen LogP contribution >= 0.6 is 0 Å². The minimum absolute atomic E-state index is 0.0107. The van der Waals surface area contributed by atoms with Gasteiger partial charge >= 0.3 is 6.09 Å². The van der Waals surface area contributed by atoms with Gasteiger partial charge < -0.3 is 20.3 Å². The van der Waals surface area contributed by atoms with E-state index in [1.807, 2.05) is 20.8 Å². The van der Waals surface area contributed by atoms with Crippen molar-refractivity contribution >= 4 is 39.7 Å². The van der Waals surface area contributed by atoms with Gasteiger partial charge in [-0.15, -0.1) is 6.58 Å². The van der Waals surface area contributed by atoms with Gasteiger partial charge in [-0.1, -0.05) is 50.3 Å². The predicted molar refractivity (Wildman–Crippen MR) is 192 cm³/mol. The fourth-order valence-electron chi connectivity index (χ4n) is 8.15. The Morgan fingerprint density at radius 2 is 1.79 bits per heavy atom. The summed E-state index contributed by atoms with van der Waals surface area (Å²) in [6.45, 7) is 9.33. The fourth-order valence-corrected chi connectivity index (χ4v) is 9.51. The molecule has 290 valence electrons. The minimum atomic E-state index is -3.92. The maximum absolute atomic E-state index is 14.6. The summed E-state index contributed by atoms with van der Waals surface area (Å²) in [5.41, 5.74) is -1.05. The van der Waals surface area contributed by atoms with E-state index in [0.29, 0.717) is 30.4 Å². The van der Waals surface area contributed by atoms with Crippen LogP contribution in [0.4, 0.5) is 9.18 Å². The van der Waals surface area contributed by atoms with Gasteiger partial charge in [-0.3, -0.25) is 28.8 Å². The zero-order chi connectivity index (χ0) is 38.3. The van der Waals surface area contributed by atoms with E-state index in [9.17, 15) is 36.8 Å². The summed E-state index contributed by atoms with van der Waals surface area (Å²) in [7, 11) is -3.92. The van der Waals surface area contributed by atoms with Crippen LogP contribution in [0.1, 0.15) is 103 Å². The summed E-state index contributed by atoms with van der Waals surface area (Å²) in [5, 5.41) is 5.05. The zero-order valence-corrected chi connectivity index (χ0v) is 31.6. The van der Waals surface area contributed by atoms with Crippen molar-refractivity contribution in [2.45, 2.75) is 133 Å². The van der Waals surface area contributed by atoms with Crippen molar-refractivity contribution in [1.82, 2.24) is 25.2 Å².